The van der Waals surface area contributed by atoms with Crippen LogP contribution in [-0.2, 0) is 4.79 Å². The van der Waals surface area contributed by atoms with E-state index in [4.69, 9.17) is 0 Å². The minimum absolute atomic E-state index is 0.0395. The number of rotatable bonds is 4. The topological polar surface area (TPSA) is 32.3 Å². The van der Waals surface area contributed by atoms with Gasteiger partial charge in [0.15, 0.2) is 0 Å². The minimum Gasteiger partial charge on any atom is -0.352 e. The monoisotopic (exact) mass is 274 g/mol. The molecule has 2 rings (SSSR count). The van der Waals surface area contributed by atoms with Crippen molar-refractivity contribution in [3.05, 3.63) is 0 Å². The molecule has 0 radical (unpaired) electrons. The number of alkyl halides is 2. The number of nitrogens with one attached hydrogen (secondary N) is 1. The second-order valence-electron chi connectivity index (χ2n) is 5.83. The van der Waals surface area contributed by atoms with Crippen molar-refractivity contribution in [2.75, 3.05) is 13.1 Å². The lowest BCUT2D eigenvalue weighted by atomic mass is 9.92. The Labute approximate surface area is 113 Å². The smallest absolute Gasteiger partial charge is 0.248 e. The highest BCUT2D eigenvalue weighted by Crippen LogP contribution is 2.33. The molecule has 1 N–H and O–H groups in total. The molecule has 0 spiro atoms. The molecule has 0 aromatic carbocycles. The van der Waals surface area contributed by atoms with Gasteiger partial charge in [-0.15, -0.1) is 0 Å². The zero-order valence-corrected chi connectivity index (χ0v) is 11.6. The van der Waals surface area contributed by atoms with Gasteiger partial charge in [0.05, 0.1) is 6.04 Å². The van der Waals surface area contributed by atoms with Crippen molar-refractivity contribution in [3.63, 3.8) is 0 Å². The van der Waals surface area contributed by atoms with Gasteiger partial charge in [0.2, 0.25) is 11.8 Å². The van der Waals surface area contributed by atoms with Gasteiger partial charge < -0.3 is 5.32 Å². The molecule has 1 saturated carbocycles. The summed E-state index contributed by atoms with van der Waals surface area (Å²) in [6, 6.07) is -0.0985. The Morgan fingerprint density at radius 3 is 2.63 bits per heavy atom. The molecule has 0 unspecified atom stereocenters. The normalized spacial score (nSPS) is 28.5. The fraction of sp³-hybridized carbons (Fsp3) is 0.929. The molecule has 19 heavy (non-hydrogen) atoms. The molecule has 0 aromatic heterocycles. The van der Waals surface area contributed by atoms with Gasteiger partial charge >= 0.3 is 0 Å². The lowest BCUT2D eigenvalue weighted by Gasteiger charge is -2.31. The first-order chi connectivity index (χ1) is 9.02. The van der Waals surface area contributed by atoms with Gasteiger partial charge in [-0.3, -0.25) is 9.69 Å². The van der Waals surface area contributed by atoms with E-state index in [0.29, 0.717) is 12.8 Å². The van der Waals surface area contributed by atoms with E-state index in [0.717, 1.165) is 32.4 Å². The molecule has 1 amide bonds. The standard InChI is InChI=1S/C14H24F2N2O/c1-2-9-18-10-3-4-12(18)13(19)17-11-5-7-14(15,16)8-6-11/h11-12H,2-10H2,1H3,(H,17,19)/t12-/m0/s1. The quantitative estimate of drug-likeness (QED) is 0.854. The Kier molecular flexibility index (Phi) is 4.76. The maximum Gasteiger partial charge on any atom is 0.248 e. The van der Waals surface area contributed by atoms with Crippen molar-refractivity contribution in [3.8, 4) is 0 Å². The van der Waals surface area contributed by atoms with E-state index in [1.807, 2.05) is 0 Å². The molecule has 2 fully saturated rings. The van der Waals surface area contributed by atoms with Crippen LogP contribution in [0.2, 0.25) is 0 Å². The van der Waals surface area contributed by atoms with E-state index in [9.17, 15) is 13.6 Å². The molecule has 1 aliphatic carbocycles. The van der Waals surface area contributed by atoms with Crippen LogP contribution >= 0.6 is 0 Å². The average molecular weight is 274 g/mol. The van der Waals surface area contributed by atoms with Gasteiger partial charge in [-0.2, -0.15) is 0 Å². The number of nitrogens with zero attached hydrogens (tertiary/aromatic N) is 1. The number of halogens is 2. The molecule has 2 aliphatic rings. The molecule has 1 atom stereocenters. The minimum atomic E-state index is -2.52. The summed E-state index contributed by atoms with van der Waals surface area (Å²) < 4.78 is 26.1. The number of hydrogen-bond donors (Lipinski definition) is 1. The van der Waals surface area contributed by atoms with Crippen LogP contribution in [0.1, 0.15) is 51.9 Å². The number of amides is 1. The van der Waals surface area contributed by atoms with Crippen molar-refractivity contribution < 1.29 is 13.6 Å². The van der Waals surface area contributed by atoms with Gasteiger partial charge in [-0.25, -0.2) is 8.78 Å². The highest BCUT2D eigenvalue weighted by Gasteiger charge is 2.37. The maximum atomic E-state index is 13.1. The van der Waals surface area contributed by atoms with Crippen molar-refractivity contribution >= 4 is 5.91 Å². The number of carbonyl (C=O) groups excluding carboxylic acids is 1. The third-order valence-corrected chi connectivity index (χ3v) is 4.24. The van der Waals surface area contributed by atoms with Gasteiger partial charge in [0.25, 0.3) is 0 Å². The first kappa shape index (κ1) is 14.7. The van der Waals surface area contributed by atoms with E-state index in [1.165, 1.54) is 0 Å². The van der Waals surface area contributed by atoms with Crippen LogP contribution in [0.4, 0.5) is 8.78 Å². The number of hydrogen-bond acceptors (Lipinski definition) is 2. The molecule has 3 nitrogen and oxygen atoms in total. The average Bonchev–Trinajstić information content (AvgIpc) is 2.81. The fourth-order valence-electron chi connectivity index (χ4n) is 3.16. The van der Waals surface area contributed by atoms with Crippen molar-refractivity contribution in [2.24, 2.45) is 0 Å². The number of likely N-dealkylation sites (tertiary alicyclic amines) is 1. The summed E-state index contributed by atoms with van der Waals surface area (Å²) in [5, 5.41) is 2.97. The summed E-state index contributed by atoms with van der Waals surface area (Å²) in [6.07, 6.45) is 3.61. The van der Waals surface area contributed by atoms with Gasteiger partial charge in [0.1, 0.15) is 0 Å². The zero-order chi connectivity index (χ0) is 13.9. The lowest BCUT2D eigenvalue weighted by Crippen LogP contribution is -2.48. The van der Waals surface area contributed by atoms with E-state index >= 15 is 0 Å². The first-order valence-electron chi connectivity index (χ1n) is 7.44. The molecule has 0 bridgehead atoms. The first-order valence-corrected chi connectivity index (χ1v) is 7.44. The summed E-state index contributed by atoms with van der Waals surface area (Å²) in [4.78, 5) is 14.4. The third-order valence-electron chi connectivity index (χ3n) is 4.24. The molecular weight excluding hydrogens is 250 g/mol. The van der Waals surface area contributed by atoms with E-state index < -0.39 is 5.92 Å². The Morgan fingerprint density at radius 1 is 1.32 bits per heavy atom. The lowest BCUT2D eigenvalue weighted by molar-refractivity contribution is -0.127. The molecular formula is C14H24F2N2O. The van der Waals surface area contributed by atoms with E-state index in [-0.39, 0.29) is 30.8 Å². The van der Waals surface area contributed by atoms with Crippen LogP contribution in [0.25, 0.3) is 0 Å². The second-order valence-corrected chi connectivity index (χ2v) is 5.83. The van der Waals surface area contributed by atoms with Crippen LogP contribution in [0.3, 0.4) is 0 Å². The summed E-state index contributed by atoms with van der Waals surface area (Å²) in [6.45, 7) is 4.03. The van der Waals surface area contributed by atoms with Gasteiger partial charge in [-0.1, -0.05) is 6.92 Å². The Balaban J connectivity index is 1.81. The Bertz CT molecular complexity index is 313. The van der Waals surface area contributed by atoms with Crippen molar-refractivity contribution in [2.45, 2.75) is 69.9 Å². The highest BCUT2D eigenvalue weighted by atomic mass is 19.3. The number of carbonyl (C=O) groups is 1. The van der Waals surface area contributed by atoms with Crippen LogP contribution in [-0.4, -0.2) is 41.9 Å². The SMILES string of the molecule is CCCN1CCC[C@H]1C(=O)NC1CCC(F)(F)CC1. The predicted octanol–water partition coefficient (Wildman–Crippen LogP) is 2.55. The highest BCUT2D eigenvalue weighted by molar-refractivity contribution is 5.82. The fourth-order valence-corrected chi connectivity index (χ4v) is 3.16. The van der Waals surface area contributed by atoms with Crippen LogP contribution in [0.15, 0.2) is 0 Å². The van der Waals surface area contributed by atoms with Gasteiger partial charge in [-0.05, 0) is 45.2 Å². The van der Waals surface area contributed by atoms with E-state index in [2.05, 4.69) is 17.1 Å². The largest absolute Gasteiger partial charge is 0.352 e. The molecule has 1 aliphatic heterocycles. The van der Waals surface area contributed by atoms with Crippen LogP contribution in [0, 0.1) is 0 Å². The maximum absolute atomic E-state index is 13.1. The molecule has 1 heterocycles. The van der Waals surface area contributed by atoms with Crippen molar-refractivity contribution in [1.29, 1.82) is 0 Å². The molecule has 110 valence electrons. The third kappa shape index (κ3) is 3.88. The summed E-state index contributed by atoms with van der Waals surface area (Å²) in [5.41, 5.74) is 0. The molecule has 1 saturated heterocycles. The summed E-state index contributed by atoms with van der Waals surface area (Å²) in [7, 11) is 0. The Hall–Kier alpha value is -0.710. The van der Waals surface area contributed by atoms with Crippen LogP contribution < -0.4 is 5.32 Å². The van der Waals surface area contributed by atoms with Gasteiger partial charge in [0, 0.05) is 18.9 Å². The van der Waals surface area contributed by atoms with Crippen molar-refractivity contribution in [1.82, 2.24) is 10.2 Å². The van der Waals surface area contributed by atoms with Crippen LogP contribution in [0.5, 0.6) is 0 Å². The summed E-state index contributed by atoms with van der Waals surface area (Å²) >= 11 is 0. The predicted molar refractivity (Wildman–Crippen MR) is 70.2 cm³/mol. The second kappa shape index (κ2) is 6.16. The molecule has 5 heteroatoms. The molecule has 0 aromatic rings. The summed E-state index contributed by atoms with van der Waals surface area (Å²) in [5.74, 6) is -2.48. The zero-order valence-electron chi connectivity index (χ0n) is 11.6. The Morgan fingerprint density at radius 2 is 2.00 bits per heavy atom. The van der Waals surface area contributed by atoms with E-state index in [1.54, 1.807) is 0 Å².